The lowest BCUT2D eigenvalue weighted by Gasteiger charge is -2.32. The van der Waals surface area contributed by atoms with Gasteiger partial charge >= 0.3 is 0 Å². The predicted molar refractivity (Wildman–Crippen MR) is 98.4 cm³/mol. The first kappa shape index (κ1) is 16.5. The van der Waals surface area contributed by atoms with Crippen LogP contribution in [0.5, 0.6) is 0 Å². The first-order chi connectivity index (χ1) is 12.3. The maximum Gasteiger partial charge on any atom is 0.151 e. The molecule has 4 rings (SSSR count). The van der Waals surface area contributed by atoms with Gasteiger partial charge in [-0.3, -0.25) is 9.58 Å². The summed E-state index contributed by atoms with van der Waals surface area (Å²) in [5.74, 6) is 1.72. The average molecular weight is 340 g/mol. The number of piperidine rings is 1. The molecule has 2 fully saturated rings. The molecule has 2 aliphatic rings. The number of aromatic nitrogens is 4. The summed E-state index contributed by atoms with van der Waals surface area (Å²) in [6, 6.07) is 4.34. The molecule has 0 radical (unpaired) electrons. The molecule has 0 amide bonds. The third-order valence-electron chi connectivity index (χ3n) is 5.40. The van der Waals surface area contributed by atoms with Crippen molar-refractivity contribution < 1.29 is 0 Å². The highest BCUT2D eigenvalue weighted by atomic mass is 15.3. The molecule has 4 heterocycles. The van der Waals surface area contributed by atoms with Crippen LogP contribution in [-0.2, 0) is 20.0 Å². The molecule has 1 atom stereocenters. The Morgan fingerprint density at radius 2 is 1.96 bits per heavy atom. The molecule has 2 saturated heterocycles. The third kappa shape index (κ3) is 4.18. The number of likely N-dealkylation sites (tertiary alicyclic amines) is 1. The van der Waals surface area contributed by atoms with Crippen LogP contribution < -0.4 is 4.90 Å². The van der Waals surface area contributed by atoms with Crippen molar-refractivity contribution in [2.45, 2.75) is 38.6 Å². The van der Waals surface area contributed by atoms with Crippen molar-refractivity contribution in [2.24, 2.45) is 13.0 Å². The van der Waals surface area contributed by atoms with Gasteiger partial charge in [-0.1, -0.05) is 0 Å². The van der Waals surface area contributed by atoms with E-state index in [1.807, 2.05) is 17.9 Å². The summed E-state index contributed by atoms with van der Waals surface area (Å²) in [4.78, 5) is 4.89. The second-order valence-corrected chi connectivity index (χ2v) is 7.55. The van der Waals surface area contributed by atoms with Crippen LogP contribution in [0.15, 0.2) is 24.5 Å². The molecule has 0 spiro atoms. The Balaban J connectivity index is 1.32. The molecule has 0 aromatic carbocycles. The Morgan fingerprint density at radius 3 is 2.68 bits per heavy atom. The lowest BCUT2D eigenvalue weighted by Crippen LogP contribution is -2.35. The molecular formula is C19H28N6. The summed E-state index contributed by atoms with van der Waals surface area (Å²) in [7, 11) is 1.98. The Hall–Kier alpha value is -1.95. The normalized spacial score (nSPS) is 21.8. The van der Waals surface area contributed by atoms with Crippen LogP contribution in [0.1, 0.15) is 36.9 Å². The van der Waals surface area contributed by atoms with E-state index in [4.69, 9.17) is 0 Å². The standard InChI is InChI=1S/C19H28N6/c1-23-13-17(12-20-23)15-24-8-4-5-16(14-24)11-18-6-7-19(22-21-18)25-9-2-3-10-25/h6-7,12-13,16H,2-5,8-11,14-15H2,1H3/t16-/m1/s1. The minimum atomic E-state index is 0.678. The first-order valence-electron chi connectivity index (χ1n) is 9.54. The fraction of sp³-hybridized carbons (Fsp3) is 0.632. The van der Waals surface area contributed by atoms with Crippen molar-refractivity contribution in [3.8, 4) is 0 Å². The van der Waals surface area contributed by atoms with Crippen LogP contribution in [0, 0.1) is 5.92 Å². The summed E-state index contributed by atoms with van der Waals surface area (Å²) in [5.41, 5.74) is 2.44. The largest absolute Gasteiger partial charge is 0.355 e. The van der Waals surface area contributed by atoms with E-state index in [1.54, 1.807) is 0 Å². The highest BCUT2D eigenvalue weighted by Crippen LogP contribution is 2.22. The zero-order valence-electron chi connectivity index (χ0n) is 15.1. The molecule has 0 saturated carbocycles. The minimum absolute atomic E-state index is 0.678. The molecule has 0 N–H and O–H groups in total. The number of aryl methyl sites for hydroxylation is 1. The summed E-state index contributed by atoms with van der Waals surface area (Å²) < 4.78 is 1.88. The van der Waals surface area contributed by atoms with Crippen LogP contribution >= 0.6 is 0 Å². The summed E-state index contributed by atoms with van der Waals surface area (Å²) in [5, 5.41) is 13.3. The Bertz CT molecular complexity index is 673. The van der Waals surface area contributed by atoms with Crippen molar-refractivity contribution in [1.82, 2.24) is 24.9 Å². The highest BCUT2D eigenvalue weighted by molar-refractivity contribution is 5.38. The van der Waals surface area contributed by atoms with E-state index in [0.29, 0.717) is 5.92 Å². The van der Waals surface area contributed by atoms with Crippen molar-refractivity contribution in [3.63, 3.8) is 0 Å². The van der Waals surface area contributed by atoms with Gasteiger partial charge in [-0.15, -0.1) is 5.10 Å². The Kier molecular flexibility index (Phi) is 4.97. The Morgan fingerprint density at radius 1 is 1.08 bits per heavy atom. The Labute approximate surface area is 149 Å². The van der Waals surface area contributed by atoms with Gasteiger partial charge in [-0.25, -0.2) is 0 Å². The van der Waals surface area contributed by atoms with Crippen LogP contribution in [0.3, 0.4) is 0 Å². The first-order valence-corrected chi connectivity index (χ1v) is 9.54. The summed E-state index contributed by atoms with van der Waals surface area (Å²) >= 11 is 0. The van der Waals surface area contributed by atoms with Gasteiger partial charge in [0.05, 0.1) is 11.9 Å². The van der Waals surface area contributed by atoms with Gasteiger partial charge in [0.2, 0.25) is 0 Å². The number of hydrogen-bond donors (Lipinski definition) is 0. The zero-order valence-corrected chi connectivity index (χ0v) is 15.1. The molecule has 134 valence electrons. The van der Waals surface area contributed by atoms with Gasteiger partial charge in [0.15, 0.2) is 5.82 Å². The van der Waals surface area contributed by atoms with Gasteiger partial charge in [-0.2, -0.15) is 10.2 Å². The van der Waals surface area contributed by atoms with Crippen molar-refractivity contribution in [2.75, 3.05) is 31.1 Å². The zero-order chi connectivity index (χ0) is 17.1. The van der Waals surface area contributed by atoms with E-state index in [9.17, 15) is 0 Å². The summed E-state index contributed by atoms with van der Waals surface area (Å²) in [6.45, 7) is 5.58. The van der Waals surface area contributed by atoms with E-state index in [0.717, 1.165) is 44.1 Å². The minimum Gasteiger partial charge on any atom is -0.355 e. The van der Waals surface area contributed by atoms with Gasteiger partial charge < -0.3 is 4.90 Å². The lowest BCUT2D eigenvalue weighted by molar-refractivity contribution is 0.166. The van der Waals surface area contributed by atoms with Crippen LogP contribution in [-0.4, -0.2) is 51.1 Å². The van der Waals surface area contributed by atoms with Crippen molar-refractivity contribution in [1.29, 1.82) is 0 Å². The molecule has 0 unspecified atom stereocenters. The van der Waals surface area contributed by atoms with Crippen LogP contribution in [0.2, 0.25) is 0 Å². The van der Waals surface area contributed by atoms with E-state index < -0.39 is 0 Å². The van der Waals surface area contributed by atoms with Gasteiger partial charge in [-0.05, 0) is 56.7 Å². The molecule has 2 aliphatic heterocycles. The van der Waals surface area contributed by atoms with E-state index >= 15 is 0 Å². The van der Waals surface area contributed by atoms with E-state index in [2.05, 4.69) is 43.4 Å². The van der Waals surface area contributed by atoms with Crippen LogP contribution in [0.4, 0.5) is 5.82 Å². The maximum atomic E-state index is 4.51. The van der Waals surface area contributed by atoms with Crippen molar-refractivity contribution in [3.05, 3.63) is 35.8 Å². The molecule has 2 aromatic rings. The fourth-order valence-corrected chi connectivity index (χ4v) is 4.15. The molecule has 6 heteroatoms. The monoisotopic (exact) mass is 340 g/mol. The van der Waals surface area contributed by atoms with Gasteiger partial charge in [0.1, 0.15) is 0 Å². The molecule has 25 heavy (non-hydrogen) atoms. The summed E-state index contributed by atoms with van der Waals surface area (Å²) in [6.07, 6.45) is 10.2. The molecule has 0 aliphatic carbocycles. The lowest BCUT2D eigenvalue weighted by atomic mass is 9.93. The second kappa shape index (κ2) is 7.52. The van der Waals surface area contributed by atoms with Crippen LogP contribution in [0.25, 0.3) is 0 Å². The maximum absolute atomic E-state index is 4.51. The topological polar surface area (TPSA) is 50.1 Å². The number of nitrogens with zero attached hydrogens (tertiary/aromatic N) is 6. The quantitative estimate of drug-likeness (QED) is 0.836. The van der Waals surface area contributed by atoms with E-state index in [1.165, 1.54) is 37.8 Å². The number of anilines is 1. The third-order valence-corrected chi connectivity index (χ3v) is 5.40. The number of hydrogen-bond acceptors (Lipinski definition) is 5. The molecule has 2 aromatic heterocycles. The molecule has 0 bridgehead atoms. The molecule has 6 nitrogen and oxygen atoms in total. The fourth-order valence-electron chi connectivity index (χ4n) is 4.15. The smallest absolute Gasteiger partial charge is 0.151 e. The predicted octanol–water partition coefficient (Wildman–Crippen LogP) is 2.27. The SMILES string of the molecule is Cn1cc(CN2CCC[C@H](Cc3ccc(N4CCCC4)nn3)C2)cn1. The van der Waals surface area contributed by atoms with Gasteiger partial charge in [0.25, 0.3) is 0 Å². The molecular weight excluding hydrogens is 312 g/mol. The van der Waals surface area contributed by atoms with Gasteiger partial charge in [0, 0.05) is 45.0 Å². The average Bonchev–Trinajstić information content (AvgIpc) is 3.28. The second-order valence-electron chi connectivity index (χ2n) is 7.55. The van der Waals surface area contributed by atoms with E-state index in [-0.39, 0.29) is 0 Å². The highest BCUT2D eigenvalue weighted by Gasteiger charge is 2.21. The van der Waals surface area contributed by atoms with Crippen molar-refractivity contribution >= 4 is 5.82 Å². The number of rotatable bonds is 5.